The highest BCUT2D eigenvalue weighted by Gasteiger charge is 2.48. The number of hydrogen-bond acceptors (Lipinski definition) is 6. The van der Waals surface area contributed by atoms with Crippen molar-refractivity contribution in [3.8, 4) is 0 Å². The Morgan fingerprint density at radius 1 is 1.20 bits per heavy atom. The van der Waals surface area contributed by atoms with Gasteiger partial charge < -0.3 is 24.2 Å². The van der Waals surface area contributed by atoms with Crippen molar-refractivity contribution < 1.29 is 19.4 Å². The van der Waals surface area contributed by atoms with Gasteiger partial charge in [-0.05, 0) is 48.6 Å². The van der Waals surface area contributed by atoms with Crippen molar-refractivity contribution in [3.05, 3.63) is 42.7 Å². The number of nitrogens with zero attached hydrogens (tertiary/aromatic N) is 7. The molecule has 3 heterocycles. The fourth-order valence-electron chi connectivity index (χ4n) is 6.28. The normalized spacial score (nSPS) is 19.7. The Morgan fingerprint density at radius 2 is 1.95 bits per heavy atom. The van der Waals surface area contributed by atoms with Crippen LogP contribution in [0.2, 0.25) is 0 Å². The van der Waals surface area contributed by atoms with Crippen molar-refractivity contribution in [2.75, 3.05) is 26.8 Å². The number of carbonyl (C=O) groups excluding carboxylic acids is 1. The number of ether oxygens (including phenoxy) is 1. The zero-order valence-corrected chi connectivity index (χ0v) is 25.2. The molecule has 3 atom stereocenters. The third-order valence-corrected chi connectivity index (χ3v) is 7.82. The molecule has 11 nitrogen and oxygen atoms in total. The van der Waals surface area contributed by atoms with Gasteiger partial charge in [-0.15, -0.1) is 0 Å². The first-order valence-corrected chi connectivity index (χ1v) is 14.6. The smallest absolute Gasteiger partial charge is 0.407 e. The van der Waals surface area contributed by atoms with Gasteiger partial charge in [-0.2, -0.15) is 5.10 Å². The van der Waals surface area contributed by atoms with Gasteiger partial charge in [0.2, 0.25) is 0 Å². The fourth-order valence-corrected chi connectivity index (χ4v) is 6.28. The van der Waals surface area contributed by atoms with E-state index in [4.69, 9.17) is 9.72 Å². The van der Waals surface area contributed by atoms with Crippen LogP contribution in [-0.4, -0.2) is 90.1 Å². The number of methoxy groups -OCH3 is 1. The number of carboxylic acid groups (broad SMARTS) is 1. The first-order valence-electron chi connectivity index (χ1n) is 14.6. The number of hydrogen-bond donors (Lipinski definition) is 1. The van der Waals surface area contributed by atoms with E-state index in [1.807, 2.05) is 33.7 Å². The maximum atomic E-state index is 14.7. The summed E-state index contributed by atoms with van der Waals surface area (Å²) in [5.74, 6) is 0.379. The molecule has 0 bridgehead atoms. The number of para-hydroxylation sites is 2. The maximum Gasteiger partial charge on any atom is 0.407 e. The molecule has 0 saturated carbocycles. The van der Waals surface area contributed by atoms with Gasteiger partial charge in [0.15, 0.2) is 5.82 Å². The summed E-state index contributed by atoms with van der Waals surface area (Å²) in [6.45, 7) is 13.0. The van der Waals surface area contributed by atoms with Crippen molar-refractivity contribution in [3.63, 3.8) is 0 Å². The molecule has 1 N–H and O–H groups in total. The Labute approximate surface area is 242 Å². The van der Waals surface area contributed by atoms with E-state index in [0.29, 0.717) is 45.0 Å². The van der Waals surface area contributed by atoms with Crippen LogP contribution in [0.1, 0.15) is 64.5 Å². The van der Waals surface area contributed by atoms with Gasteiger partial charge in [0.05, 0.1) is 23.1 Å². The first kappa shape index (κ1) is 30.5. The molecule has 224 valence electrons. The molecule has 1 aliphatic heterocycles. The molecule has 4 rings (SSSR count). The van der Waals surface area contributed by atoms with Crippen LogP contribution in [0.4, 0.5) is 4.79 Å². The Bertz CT molecular complexity index is 1300. The molecule has 2 aromatic heterocycles. The Kier molecular flexibility index (Phi) is 9.68. The van der Waals surface area contributed by atoms with E-state index < -0.39 is 17.6 Å². The van der Waals surface area contributed by atoms with Gasteiger partial charge >= 0.3 is 6.09 Å². The molecule has 1 unspecified atom stereocenters. The number of aryl methyl sites for hydroxylation is 1. The zero-order valence-electron chi connectivity index (χ0n) is 25.2. The molecule has 41 heavy (non-hydrogen) atoms. The van der Waals surface area contributed by atoms with Crippen molar-refractivity contribution >= 4 is 23.0 Å². The lowest BCUT2D eigenvalue weighted by Crippen LogP contribution is -2.65. The van der Waals surface area contributed by atoms with Gasteiger partial charge in [-0.25, -0.2) is 14.8 Å². The fraction of sp³-hybridized carbons (Fsp3) is 0.633. The average molecular weight is 568 g/mol. The number of fused-ring (bicyclic) bond motifs is 1. The van der Waals surface area contributed by atoms with E-state index in [1.165, 1.54) is 6.33 Å². The van der Waals surface area contributed by atoms with Crippen LogP contribution in [0, 0.1) is 17.3 Å². The molecule has 1 fully saturated rings. The molecule has 1 aromatic carbocycles. The third kappa shape index (κ3) is 7.06. The lowest BCUT2D eigenvalue weighted by Gasteiger charge is -2.52. The Balaban J connectivity index is 1.77. The number of unbranched alkanes of at least 4 members (excludes halogenated alkanes) is 1. The maximum absolute atomic E-state index is 14.7. The number of amides is 2. The summed E-state index contributed by atoms with van der Waals surface area (Å²) in [6.07, 6.45) is 4.54. The number of benzene rings is 1. The van der Waals surface area contributed by atoms with Crippen molar-refractivity contribution in [1.29, 1.82) is 0 Å². The van der Waals surface area contributed by atoms with Crippen LogP contribution < -0.4 is 0 Å². The number of piperidine rings is 1. The van der Waals surface area contributed by atoms with Crippen LogP contribution in [0.15, 0.2) is 36.9 Å². The molecular formula is C30H45N7O4. The predicted octanol–water partition coefficient (Wildman–Crippen LogP) is 4.64. The van der Waals surface area contributed by atoms with Crippen LogP contribution >= 0.6 is 0 Å². The van der Waals surface area contributed by atoms with Gasteiger partial charge in [-0.1, -0.05) is 46.8 Å². The monoisotopic (exact) mass is 567 g/mol. The van der Waals surface area contributed by atoms with E-state index in [2.05, 4.69) is 44.7 Å². The van der Waals surface area contributed by atoms with Crippen LogP contribution in [0.25, 0.3) is 11.0 Å². The van der Waals surface area contributed by atoms with E-state index in [-0.39, 0.29) is 23.8 Å². The van der Waals surface area contributed by atoms with Crippen LogP contribution in [0.5, 0.6) is 0 Å². The lowest BCUT2D eigenvalue weighted by atomic mass is 9.74. The van der Waals surface area contributed by atoms with E-state index in [1.54, 1.807) is 23.0 Å². The number of rotatable bonds is 11. The zero-order chi connectivity index (χ0) is 29.7. The quantitative estimate of drug-likeness (QED) is 0.336. The third-order valence-electron chi connectivity index (χ3n) is 7.82. The summed E-state index contributed by atoms with van der Waals surface area (Å²) in [5.41, 5.74) is 1.29. The summed E-state index contributed by atoms with van der Waals surface area (Å²) >= 11 is 0. The van der Waals surface area contributed by atoms with E-state index in [0.717, 1.165) is 23.9 Å². The average Bonchev–Trinajstić information content (AvgIpc) is 3.56. The minimum absolute atomic E-state index is 0.0354. The summed E-state index contributed by atoms with van der Waals surface area (Å²) < 4.78 is 9.01. The summed E-state index contributed by atoms with van der Waals surface area (Å²) in [4.78, 5) is 39.7. The first-order chi connectivity index (χ1) is 19.5. The molecule has 0 aliphatic carbocycles. The number of likely N-dealkylation sites (tertiary alicyclic amines) is 1. The second-order valence-corrected chi connectivity index (χ2v) is 12.7. The van der Waals surface area contributed by atoms with Gasteiger partial charge in [0, 0.05) is 39.9 Å². The summed E-state index contributed by atoms with van der Waals surface area (Å²) in [5, 5.41) is 14.7. The van der Waals surface area contributed by atoms with Crippen LogP contribution in [0.3, 0.4) is 0 Å². The van der Waals surface area contributed by atoms with Crippen molar-refractivity contribution in [2.24, 2.45) is 17.3 Å². The van der Waals surface area contributed by atoms with Gasteiger partial charge in [-0.3, -0.25) is 9.48 Å². The SMILES string of the molecule is COCCCCn1c(C(=O)N(CC(C)C)[C@H]2C[C@@H](Cn3cncn3)CN(C(=O)O)C2C(C)(C)C)nc2ccccc21. The summed E-state index contributed by atoms with van der Waals surface area (Å²) in [6, 6.07) is 7.09. The highest BCUT2D eigenvalue weighted by Crippen LogP contribution is 2.38. The molecular weight excluding hydrogens is 522 g/mol. The van der Waals surface area contributed by atoms with Crippen LogP contribution in [-0.2, 0) is 17.8 Å². The van der Waals surface area contributed by atoms with Crippen molar-refractivity contribution in [1.82, 2.24) is 34.1 Å². The minimum Gasteiger partial charge on any atom is -0.465 e. The molecule has 11 heteroatoms. The number of carbonyl (C=O) groups is 2. The molecule has 1 saturated heterocycles. The highest BCUT2D eigenvalue weighted by atomic mass is 16.5. The Hall–Kier alpha value is -3.47. The van der Waals surface area contributed by atoms with Gasteiger partial charge in [0.1, 0.15) is 12.7 Å². The van der Waals surface area contributed by atoms with Crippen molar-refractivity contribution in [2.45, 2.75) is 79.1 Å². The molecule has 0 radical (unpaired) electrons. The number of aromatic nitrogens is 5. The van der Waals surface area contributed by atoms with Gasteiger partial charge in [0.25, 0.3) is 5.91 Å². The molecule has 2 amide bonds. The second-order valence-electron chi connectivity index (χ2n) is 12.7. The second kappa shape index (κ2) is 13.0. The minimum atomic E-state index is -0.972. The molecule has 1 aliphatic rings. The largest absolute Gasteiger partial charge is 0.465 e. The number of imidazole rings is 1. The predicted molar refractivity (Wildman–Crippen MR) is 157 cm³/mol. The highest BCUT2D eigenvalue weighted by molar-refractivity contribution is 5.95. The molecule has 0 spiro atoms. The standard InChI is InChI=1S/C30H45N7O4/c1-21(2)16-36(28(38)27-33-23-11-7-8-12-24(23)35(27)13-9-10-14-41-6)25-15-22(17-34-20-31-19-32-34)18-37(29(39)40)26(25)30(3,4)5/h7-8,11-12,19-22,25-26H,9-10,13-18H2,1-6H3,(H,39,40)/t22-,25-,26?/m0/s1. The van der Waals surface area contributed by atoms with E-state index >= 15 is 0 Å². The molecule has 3 aromatic rings. The topological polar surface area (TPSA) is 119 Å². The summed E-state index contributed by atoms with van der Waals surface area (Å²) in [7, 11) is 1.69. The lowest BCUT2D eigenvalue weighted by molar-refractivity contribution is -0.0267. The van der Waals surface area contributed by atoms with E-state index in [9.17, 15) is 14.7 Å². The Morgan fingerprint density at radius 3 is 2.59 bits per heavy atom.